The Balaban J connectivity index is 1.78. The van der Waals surface area contributed by atoms with Crippen LogP contribution >= 0.6 is 0 Å². The van der Waals surface area contributed by atoms with Crippen LogP contribution in [-0.4, -0.2) is 61.6 Å². The Morgan fingerprint density at radius 3 is 2.19 bits per heavy atom. The summed E-state index contributed by atoms with van der Waals surface area (Å²) in [6, 6.07) is 7.09. The van der Waals surface area contributed by atoms with E-state index in [0.717, 1.165) is 5.75 Å². The highest BCUT2D eigenvalue weighted by Crippen LogP contribution is 2.17. The SMILES string of the molecule is COc1ccc(OCC(=O)N2CCN(C(=N)N)CC2)cc1. The molecule has 2 rings (SSSR count). The molecular weight excluding hydrogens is 272 g/mol. The number of nitrogens with one attached hydrogen (secondary N) is 1. The molecule has 1 aliphatic heterocycles. The maximum atomic E-state index is 12.0. The van der Waals surface area contributed by atoms with Crippen LogP contribution in [0.3, 0.4) is 0 Å². The van der Waals surface area contributed by atoms with Crippen molar-refractivity contribution in [3.63, 3.8) is 0 Å². The topological polar surface area (TPSA) is 91.9 Å². The maximum Gasteiger partial charge on any atom is 0.260 e. The fourth-order valence-corrected chi connectivity index (χ4v) is 2.11. The number of methoxy groups -OCH3 is 1. The molecule has 21 heavy (non-hydrogen) atoms. The zero-order valence-corrected chi connectivity index (χ0v) is 12.0. The molecule has 0 aromatic heterocycles. The van der Waals surface area contributed by atoms with Gasteiger partial charge in [-0.25, -0.2) is 0 Å². The smallest absolute Gasteiger partial charge is 0.260 e. The van der Waals surface area contributed by atoms with Crippen LogP contribution in [0.2, 0.25) is 0 Å². The van der Waals surface area contributed by atoms with Crippen LogP contribution in [0.25, 0.3) is 0 Å². The molecule has 0 unspecified atom stereocenters. The summed E-state index contributed by atoms with van der Waals surface area (Å²) in [6.45, 7) is 2.30. The minimum atomic E-state index is -0.0611. The Morgan fingerprint density at radius 2 is 1.67 bits per heavy atom. The fourth-order valence-electron chi connectivity index (χ4n) is 2.11. The summed E-state index contributed by atoms with van der Waals surface area (Å²) < 4.78 is 10.5. The zero-order valence-electron chi connectivity index (χ0n) is 12.0. The molecule has 1 aliphatic rings. The number of hydrogen-bond acceptors (Lipinski definition) is 4. The molecule has 0 spiro atoms. The van der Waals surface area contributed by atoms with Gasteiger partial charge in [0.1, 0.15) is 11.5 Å². The maximum absolute atomic E-state index is 12.0. The van der Waals surface area contributed by atoms with Crippen LogP contribution in [0.5, 0.6) is 11.5 Å². The largest absolute Gasteiger partial charge is 0.497 e. The van der Waals surface area contributed by atoms with E-state index in [0.29, 0.717) is 31.9 Å². The van der Waals surface area contributed by atoms with Gasteiger partial charge in [0.2, 0.25) is 0 Å². The number of benzene rings is 1. The summed E-state index contributed by atoms with van der Waals surface area (Å²) in [5, 5.41) is 7.35. The third-order valence-corrected chi connectivity index (χ3v) is 3.39. The number of nitrogens with zero attached hydrogens (tertiary/aromatic N) is 2. The lowest BCUT2D eigenvalue weighted by Crippen LogP contribution is -2.53. The van der Waals surface area contributed by atoms with Crippen LogP contribution in [0.15, 0.2) is 24.3 Å². The zero-order chi connectivity index (χ0) is 15.2. The molecule has 0 saturated carbocycles. The first-order chi connectivity index (χ1) is 10.1. The Labute approximate surface area is 123 Å². The quantitative estimate of drug-likeness (QED) is 0.607. The number of nitrogens with two attached hydrogens (primary N) is 1. The minimum absolute atomic E-state index is 0.00635. The molecule has 1 amide bonds. The molecule has 1 aromatic carbocycles. The molecule has 7 heteroatoms. The second-order valence-corrected chi connectivity index (χ2v) is 4.72. The van der Waals surface area contributed by atoms with E-state index in [9.17, 15) is 4.79 Å². The van der Waals surface area contributed by atoms with E-state index in [1.807, 2.05) is 0 Å². The van der Waals surface area contributed by atoms with Crippen molar-refractivity contribution in [1.82, 2.24) is 9.80 Å². The van der Waals surface area contributed by atoms with E-state index in [4.69, 9.17) is 20.6 Å². The summed E-state index contributed by atoms with van der Waals surface area (Å²) in [7, 11) is 1.60. The van der Waals surface area contributed by atoms with Crippen molar-refractivity contribution in [2.75, 3.05) is 39.9 Å². The standard InChI is InChI=1S/C14H20N4O3/c1-20-11-2-4-12(5-3-11)21-10-13(19)17-6-8-18(9-7-17)14(15)16/h2-5H,6-10H2,1H3,(H3,15,16). The molecule has 0 atom stereocenters. The Hall–Kier alpha value is -2.44. The van der Waals surface area contributed by atoms with E-state index in [1.165, 1.54) is 0 Å². The van der Waals surface area contributed by atoms with Gasteiger partial charge in [0.15, 0.2) is 12.6 Å². The minimum Gasteiger partial charge on any atom is -0.497 e. The van der Waals surface area contributed by atoms with Crippen molar-refractivity contribution >= 4 is 11.9 Å². The summed E-state index contributed by atoms with van der Waals surface area (Å²) in [4.78, 5) is 15.5. The summed E-state index contributed by atoms with van der Waals surface area (Å²) in [5.41, 5.74) is 5.42. The van der Waals surface area contributed by atoms with Crippen LogP contribution in [0.4, 0.5) is 0 Å². The van der Waals surface area contributed by atoms with Gasteiger partial charge in [-0.3, -0.25) is 10.2 Å². The van der Waals surface area contributed by atoms with E-state index >= 15 is 0 Å². The van der Waals surface area contributed by atoms with E-state index in [1.54, 1.807) is 41.2 Å². The van der Waals surface area contributed by atoms with Crippen molar-refractivity contribution in [2.24, 2.45) is 5.73 Å². The second kappa shape index (κ2) is 6.83. The lowest BCUT2D eigenvalue weighted by molar-refractivity contribution is -0.134. The number of hydrogen-bond donors (Lipinski definition) is 2. The van der Waals surface area contributed by atoms with Crippen LogP contribution in [0, 0.1) is 5.41 Å². The van der Waals surface area contributed by atoms with Crippen molar-refractivity contribution in [2.45, 2.75) is 0 Å². The van der Waals surface area contributed by atoms with Crippen molar-refractivity contribution in [1.29, 1.82) is 5.41 Å². The molecular formula is C14H20N4O3. The third kappa shape index (κ3) is 4.01. The average Bonchev–Trinajstić information content (AvgIpc) is 2.53. The van der Waals surface area contributed by atoms with Gasteiger partial charge in [-0.1, -0.05) is 0 Å². The number of piperazine rings is 1. The summed E-state index contributed by atoms with van der Waals surface area (Å²) in [5.74, 6) is 1.37. The molecule has 1 aromatic rings. The number of carbonyl (C=O) groups is 1. The third-order valence-electron chi connectivity index (χ3n) is 3.39. The predicted octanol–water partition coefficient (Wildman–Crippen LogP) is 0.112. The number of guanidine groups is 1. The highest BCUT2D eigenvalue weighted by Gasteiger charge is 2.21. The molecule has 1 heterocycles. The Bertz CT molecular complexity index is 495. The van der Waals surface area contributed by atoms with Crippen molar-refractivity contribution in [3.8, 4) is 11.5 Å². The van der Waals surface area contributed by atoms with Crippen LogP contribution in [-0.2, 0) is 4.79 Å². The molecule has 3 N–H and O–H groups in total. The van der Waals surface area contributed by atoms with E-state index < -0.39 is 0 Å². The van der Waals surface area contributed by atoms with Crippen LogP contribution in [0.1, 0.15) is 0 Å². The molecule has 7 nitrogen and oxygen atoms in total. The highest BCUT2D eigenvalue weighted by atomic mass is 16.5. The van der Waals surface area contributed by atoms with Gasteiger partial charge in [-0.05, 0) is 24.3 Å². The molecule has 1 fully saturated rings. The van der Waals surface area contributed by atoms with Crippen LogP contribution < -0.4 is 15.2 Å². The molecule has 0 bridgehead atoms. The first kappa shape index (κ1) is 15.0. The lowest BCUT2D eigenvalue weighted by Gasteiger charge is -2.34. The lowest BCUT2D eigenvalue weighted by atomic mass is 10.3. The van der Waals surface area contributed by atoms with Gasteiger partial charge in [-0.15, -0.1) is 0 Å². The molecule has 0 aliphatic carbocycles. The molecule has 1 saturated heterocycles. The number of ether oxygens (including phenoxy) is 2. The van der Waals surface area contributed by atoms with Gasteiger partial charge in [-0.2, -0.15) is 0 Å². The Kier molecular flexibility index (Phi) is 4.86. The highest BCUT2D eigenvalue weighted by molar-refractivity contribution is 5.79. The van der Waals surface area contributed by atoms with E-state index in [2.05, 4.69) is 0 Å². The number of amides is 1. The van der Waals surface area contributed by atoms with Gasteiger partial charge >= 0.3 is 0 Å². The molecule has 0 radical (unpaired) electrons. The number of carbonyl (C=O) groups excluding carboxylic acids is 1. The van der Waals surface area contributed by atoms with E-state index in [-0.39, 0.29) is 18.5 Å². The van der Waals surface area contributed by atoms with Crippen molar-refractivity contribution < 1.29 is 14.3 Å². The molecule has 114 valence electrons. The van der Waals surface area contributed by atoms with Crippen molar-refractivity contribution in [3.05, 3.63) is 24.3 Å². The fraction of sp³-hybridized carbons (Fsp3) is 0.429. The normalized spacial score (nSPS) is 14.7. The Morgan fingerprint density at radius 1 is 1.14 bits per heavy atom. The average molecular weight is 292 g/mol. The van der Waals surface area contributed by atoms with Gasteiger partial charge < -0.3 is 25.0 Å². The van der Waals surface area contributed by atoms with Gasteiger partial charge in [0, 0.05) is 26.2 Å². The first-order valence-corrected chi connectivity index (χ1v) is 6.74. The first-order valence-electron chi connectivity index (χ1n) is 6.74. The van der Waals surface area contributed by atoms with Gasteiger partial charge in [0.05, 0.1) is 7.11 Å². The van der Waals surface area contributed by atoms with Gasteiger partial charge in [0.25, 0.3) is 5.91 Å². The second-order valence-electron chi connectivity index (χ2n) is 4.72. The summed E-state index contributed by atoms with van der Waals surface area (Å²) >= 11 is 0. The summed E-state index contributed by atoms with van der Waals surface area (Å²) in [6.07, 6.45) is 0. The predicted molar refractivity (Wildman–Crippen MR) is 78.6 cm³/mol. The monoisotopic (exact) mass is 292 g/mol. The number of rotatable bonds is 4.